The summed E-state index contributed by atoms with van der Waals surface area (Å²) in [5.41, 5.74) is 7.68. The molecule has 0 aliphatic rings. The van der Waals surface area contributed by atoms with Crippen LogP contribution >= 0.6 is 0 Å². The zero-order valence-corrected chi connectivity index (χ0v) is 32.3. The number of fused-ring (bicyclic) bond motifs is 2. The van der Waals surface area contributed by atoms with Crippen molar-refractivity contribution in [3.63, 3.8) is 0 Å². The van der Waals surface area contributed by atoms with Crippen LogP contribution in [0.2, 0.25) is 0 Å². The molecule has 0 atom stereocenters. The van der Waals surface area contributed by atoms with E-state index in [1.165, 1.54) is 70.2 Å². The summed E-state index contributed by atoms with van der Waals surface area (Å²) in [6.07, 6.45) is 0. The highest BCUT2D eigenvalue weighted by Crippen LogP contribution is 2.44. The Bertz CT molecular complexity index is 3710. The third-order valence-corrected chi connectivity index (χ3v) is 12.0. The minimum absolute atomic E-state index is 0.554. The van der Waals surface area contributed by atoms with Gasteiger partial charge in [0.2, 0.25) is 0 Å². The fourth-order valence-electron chi connectivity index (χ4n) is 9.21. The van der Waals surface area contributed by atoms with Crippen LogP contribution in [0.1, 0.15) is 5.56 Å². The lowest BCUT2D eigenvalue weighted by molar-refractivity contribution is 1.07. The third-order valence-electron chi connectivity index (χ3n) is 12.0. The zero-order chi connectivity index (χ0) is 39.7. The molecule has 0 fully saturated rings. The first-order valence-electron chi connectivity index (χ1n) is 20.1. The van der Waals surface area contributed by atoms with Crippen LogP contribution in [0.3, 0.4) is 0 Å². The maximum absolute atomic E-state index is 9.40. The topological polar surface area (TPSA) is 62.5 Å². The predicted molar refractivity (Wildman–Crippen MR) is 248 cm³/mol. The Hall–Kier alpha value is -8.26. The van der Waals surface area contributed by atoms with Gasteiger partial charge in [-0.05, 0) is 135 Å². The molecule has 0 aliphatic carbocycles. The van der Waals surface area contributed by atoms with Crippen LogP contribution in [-0.4, -0.2) is 15.0 Å². The number of hydrogen-bond acceptors (Lipinski definition) is 4. The van der Waals surface area contributed by atoms with Gasteiger partial charge in [0.25, 0.3) is 0 Å². The molecule has 0 amide bonds. The Morgan fingerprint density at radius 3 is 1.27 bits per heavy atom. The number of nitrogens with zero attached hydrogens (tertiary/aromatic N) is 4. The van der Waals surface area contributed by atoms with Gasteiger partial charge in [-0.15, -0.1) is 0 Å². The average molecular weight is 761 g/mol. The van der Waals surface area contributed by atoms with E-state index in [-0.39, 0.29) is 0 Å². The van der Waals surface area contributed by atoms with Crippen molar-refractivity contribution < 1.29 is 0 Å². The van der Waals surface area contributed by atoms with E-state index in [0.29, 0.717) is 23.0 Å². The van der Waals surface area contributed by atoms with Crippen LogP contribution in [0.25, 0.3) is 121 Å². The van der Waals surface area contributed by atoms with Crippen molar-refractivity contribution in [3.8, 4) is 62.5 Å². The van der Waals surface area contributed by atoms with Gasteiger partial charge in [-0.2, -0.15) is 5.26 Å². The molecule has 0 radical (unpaired) electrons. The molecule has 1 heterocycles. The number of nitriles is 1. The molecule has 4 heteroatoms. The van der Waals surface area contributed by atoms with Crippen LogP contribution in [0.4, 0.5) is 0 Å². The van der Waals surface area contributed by atoms with E-state index < -0.39 is 0 Å². The largest absolute Gasteiger partial charge is 0.208 e. The average Bonchev–Trinajstić information content (AvgIpc) is 3.32. The molecular weight excluding hydrogens is 729 g/mol. The van der Waals surface area contributed by atoms with Crippen LogP contribution in [0.15, 0.2) is 194 Å². The van der Waals surface area contributed by atoms with E-state index >= 15 is 0 Å². The molecule has 0 saturated heterocycles. The lowest BCUT2D eigenvalue weighted by Gasteiger charge is -2.17. The molecular formula is C56H32N4. The second-order valence-electron chi connectivity index (χ2n) is 15.5. The number of benzene rings is 10. The summed E-state index contributed by atoms with van der Waals surface area (Å²) in [6.45, 7) is 0. The normalized spacial score (nSPS) is 11.7. The molecule has 0 N–H and O–H groups in total. The van der Waals surface area contributed by atoms with Crippen molar-refractivity contribution in [2.75, 3.05) is 0 Å². The molecule has 4 nitrogen and oxygen atoms in total. The fourth-order valence-corrected chi connectivity index (χ4v) is 9.21. The first kappa shape index (κ1) is 33.8. The van der Waals surface area contributed by atoms with Gasteiger partial charge in [0, 0.05) is 16.7 Å². The van der Waals surface area contributed by atoms with Crippen molar-refractivity contribution in [1.29, 1.82) is 5.26 Å². The van der Waals surface area contributed by atoms with Crippen LogP contribution in [0.5, 0.6) is 0 Å². The Kier molecular flexibility index (Phi) is 7.57. The first-order valence-corrected chi connectivity index (χ1v) is 20.1. The second kappa shape index (κ2) is 13.4. The van der Waals surface area contributed by atoms with Crippen LogP contribution in [-0.2, 0) is 0 Å². The second-order valence-corrected chi connectivity index (χ2v) is 15.5. The molecule has 12 rings (SSSR count). The molecule has 11 aromatic carbocycles. The highest BCUT2D eigenvalue weighted by Gasteiger charge is 2.17. The van der Waals surface area contributed by atoms with Crippen molar-refractivity contribution in [2.45, 2.75) is 0 Å². The van der Waals surface area contributed by atoms with Gasteiger partial charge in [-0.1, -0.05) is 146 Å². The Morgan fingerprint density at radius 1 is 0.283 bits per heavy atom. The van der Waals surface area contributed by atoms with Gasteiger partial charge in [0.05, 0.1) is 11.6 Å². The fraction of sp³-hybridized carbons (Fsp3) is 0. The summed E-state index contributed by atoms with van der Waals surface area (Å²) in [4.78, 5) is 14.9. The van der Waals surface area contributed by atoms with E-state index in [4.69, 9.17) is 15.0 Å². The minimum Gasteiger partial charge on any atom is -0.208 e. The molecule has 0 saturated carbocycles. The molecule has 0 bridgehead atoms. The molecule has 276 valence electrons. The minimum atomic E-state index is 0.554. The molecule has 0 aliphatic heterocycles. The Labute approximate surface area is 345 Å². The van der Waals surface area contributed by atoms with Crippen molar-refractivity contribution in [2.24, 2.45) is 0 Å². The van der Waals surface area contributed by atoms with Gasteiger partial charge >= 0.3 is 0 Å². The van der Waals surface area contributed by atoms with Crippen molar-refractivity contribution in [1.82, 2.24) is 15.0 Å². The van der Waals surface area contributed by atoms with Gasteiger partial charge < -0.3 is 0 Å². The molecule has 0 spiro atoms. The lowest BCUT2D eigenvalue weighted by atomic mass is 9.86. The zero-order valence-electron chi connectivity index (χ0n) is 32.3. The number of aromatic nitrogens is 3. The molecule has 12 aromatic rings. The summed E-state index contributed by atoms with van der Waals surface area (Å²) in [6, 6.07) is 70.9. The SMILES string of the molecule is N#Cc1ccc(-c2nc(-c3ccccc3)nc(-c3cccc(-c4cccc(-c5cc6ccc7cccc8c9cccc%10ccc%11cccc(c(c5)c6c78)c%11c%109)c4)c3)n2)cc1. The lowest BCUT2D eigenvalue weighted by Crippen LogP contribution is -2.00. The summed E-state index contributed by atoms with van der Waals surface area (Å²) < 4.78 is 0. The van der Waals surface area contributed by atoms with E-state index in [1.54, 1.807) is 12.1 Å². The van der Waals surface area contributed by atoms with E-state index in [2.05, 4.69) is 146 Å². The van der Waals surface area contributed by atoms with Crippen LogP contribution in [0, 0.1) is 11.3 Å². The van der Waals surface area contributed by atoms with E-state index in [9.17, 15) is 5.26 Å². The predicted octanol–water partition coefficient (Wildman–Crippen LogP) is 14.4. The van der Waals surface area contributed by atoms with Crippen LogP contribution < -0.4 is 0 Å². The van der Waals surface area contributed by atoms with E-state index in [0.717, 1.165) is 33.4 Å². The van der Waals surface area contributed by atoms with Crippen molar-refractivity contribution >= 4 is 64.6 Å². The molecule has 60 heavy (non-hydrogen) atoms. The maximum atomic E-state index is 9.40. The number of rotatable bonds is 5. The highest BCUT2D eigenvalue weighted by molar-refractivity contribution is 6.37. The molecule has 1 aromatic heterocycles. The van der Waals surface area contributed by atoms with Crippen molar-refractivity contribution in [3.05, 3.63) is 200 Å². The summed E-state index contributed by atoms with van der Waals surface area (Å²) in [5.74, 6) is 1.73. The third kappa shape index (κ3) is 5.41. The Balaban J connectivity index is 1.03. The number of hydrogen-bond donors (Lipinski definition) is 0. The van der Waals surface area contributed by atoms with Gasteiger partial charge in [-0.25, -0.2) is 15.0 Å². The first-order chi connectivity index (χ1) is 29.7. The standard InChI is InChI=1S/C56H32N4/c57-33-34-21-23-39(24-22-34)55-58-54(38-9-2-1-3-10-38)59-56(60-55)44-17-5-15-41(30-44)40-14-4-16-42(29-40)45-31-43-28-27-37-12-7-19-47-46-18-6-11-35-25-26-36-13-8-20-48(52(36)50(35)46)49(32-45)53(43)51(37)47/h1-32H. The van der Waals surface area contributed by atoms with Gasteiger partial charge in [-0.3, -0.25) is 0 Å². The maximum Gasteiger partial charge on any atom is 0.164 e. The quantitative estimate of drug-likeness (QED) is 0.164. The smallest absolute Gasteiger partial charge is 0.164 e. The highest BCUT2D eigenvalue weighted by atomic mass is 15.0. The van der Waals surface area contributed by atoms with Gasteiger partial charge in [0.1, 0.15) is 0 Å². The monoisotopic (exact) mass is 760 g/mol. The van der Waals surface area contributed by atoms with Gasteiger partial charge in [0.15, 0.2) is 17.5 Å². The van der Waals surface area contributed by atoms with E-state index in [1.807, 2.05) is 42.5 Å². The summed E-state index contributed by atoms with van der Waals surface area (Å²) >= 11 is 0. The summed E-state index contributed by atoms with van der Waals surface area (Å²) in [7, 11) is 0. The Morgan fingerprint density at radius 2 is 0.700 bits per heavy atom. The molecule has 0 unspecified atom stereocenters. The summed E-state index contributed by atoms with van der Waals surface area (Å²) in [5, 5.41) is 24.7.